The average molecular weight is 357 g/mol. The van der Waals surface area contributed by atoms with Gasteiger partial charge in [0.15, 0.2) is 0 Å². The first-order chi connectivity index (χ1) is 13.1. The van der Waals surface area contributed by atoms with E-state index in [-0.39, 0.29) is 12.1 Å². The number of fused-ring (bicyclic) bond motifs is 5. The third-order valence-corrected chi connectivity index (χ3v) is 6.08. The number of hydrogen-bond donors (Lipinski definition) is 1. The number of allylic oxidation sites excluding steroid dienone is 2. The smallest absolute Gasteiger partial charge is 0.315 e. The molecule has 2 amide bonds. The Kier molecular flexibility index (Phi) is 3.69. The van der Waals surface area contributed by atoms with Crippen molar-refractivity contribution in [3.63, 3.8) is 0 Å². The lowest BCUT2D eigenvalue weighted by Gasteiger charge is -2.40. The van der Waals surface area contributed by atoms with Crippen LogP contribution in [0, 0.1) is 0 Å². The summed E-state index contributed by atoms with van der Waals surface area (Å²) in [5.41, 5.74) is 9.53. The van der Waals surface area contributed by atoms with Crippen LogP contribution in [0.2, 0.25) is 0 Å². The van der Waals surface area contributed by atoms with Gasteiger partial charge in [-0.15, -0.1) is 0 Å². The largest absolute Gasteiger partial charge is 0.351 e. The molecular formula is C23H23N3O. The molecule has 0 radical (unpaired) electrons. The number of piperazine rings is 1. The second kappa shape index (κ2) is 6.10. The fourth-order valence-corrected chi connectivity index (χ4v) is 4.63. The zero-order valence-corrected chi connectivity index (χ0v) is 15.5. The minimum absolute atomic E-state index is 0.0302. The Balaban J connectivity index is 1.60. The maximum atomic E-state index is 11.9. The maximum absolute atomic E-state index is 11.9. The molecular weight excluding hydrogens is 334 g/mol. The van der Waals surface area contributed by atoms with Gasteiger partial charge in [-0.1, -0.05) is 48.6 Å². The molecule has 4 nitrogen and oxygen atoms in total. The van der Waals surface area contributed by atoms with Crippen molar-refractivity contribution in [1.82, 2.24) is 9.80 Å². The first-order valence-corrected chi connectivity index (χ1v) is 9.51. The van der Waals surface area contributed by atoms with Crippen molar-refractivity contribution in [3.8, 4) is 0 Å². The zero-order chi connectivity index (χ0) is 18.5. The first kappa shape index (κ1) is 16.3. The van der Waals surface area contributed by atoms with E-state index < -0.39 is 0 Å². The molecule has 1 heterocycles. The summed E-state index contributed by atoms with van der Waals surface area (Å²) in [6.07, 6.45) is 11.9. The van der Waals surface area contributed by atoms with Crippen LogP contribution in [-0.2, 0) is 6.42 Å². The third kappa shape index (κ3) is 2.60. The predicted molar refractivity (Wildman–Crippen MR) is 111 cm³/mol. The number of rotatable bonds is 1. The van der Waals surface area contributed by atoms with Gasteiger partial charge in [0, 0.05) is 19.6 Å². The Bertz CT molecular complexity index is 1140. The van der Waals surface area contributed by atoms with E-state index in [1.165, 1.54) is 37.9 Å². The van der Waals surface area contributed by atoms with Gasteiger partial charge in [-0.05, 0) is 57.5 Å². The molecule has 1 saturated heterocycles. The van der Waals surface area contributed by atoms with Crippen molar-refractivity contribution >= 4 is 35.0 Å². The predicted octanol–water partition coefficient (Wildman–Crippen LogP) is 1.60. The normalized spacial score (nSPS) is 21.3. The van der Waals surface area contributed by atoms with Crippen molar-refractivity contribution in [1.29, 1.82) is 0 Å². The molecule has 1 unspecified atom stereocenters. The monoisotopic (exact) mass is 357 g/mol. The summed E-state index contributed by atoms with van der Waals surface area (Å²) in [4.78, 5) is 16.0. The summed E-state index contributed by atoms with van der Waals surface area (Å²) in [6, 6.07) is 8.61. The van der Waals surface area contributed by atoms with Gasteiger partial charge in [0.1, 0.15) is 0 Å². The van der Waals surface area contributed by atoms with Crippen LogP contribution in [0.5, 0.6) is 0 Å². The quantitative estimate of drug-likeness (QED) is 0.843. The molecule has 0 aromatic heterocycles. The molecule has 2 aromatic rings. The van der Waals surface area contributed by atoms with E-state index >= 15 is 0 Å². The SMILES string of the molecule is CN1CCN(C(N)=O)C(C2=CCc3c(ccc4c5c(ccc34)=CC=C5)=C2)C1. The van der Waals surface area contributed by atoms with Crippen LogP contribution in [0.3, 0.4) is 0 Å². The number of carbonyl (C=O) groups excluding carboxylic acids is 1. The molecule has 0 spiro atoms. The van der Waals surface area contributed by atoms with E-state index in [0.29, 0.717) is 6.54 Å². The highest BCUT2D eigenvalue weighted by molar-refractivity contribution is 5.96. The minimum atomic E-state index is -0.328. The Morgan fingerprint density at radius 1 is 1.11 bits per heavy atom. The lowest BCUT2D eigenvalue weighted by atomic mass is 9.89. The van der Waals surface area contributed by atoms with Gasteiger partial charge in [-0.2, -0.15) is 0 Å². The van der Waals surface area contributed by atoms with Crippen LogP contribution in [0.1, 0.15) is 11.1 Å². The molecule has 0 bridgehead atoms. The topological polar surface area (TPSA) is 49.6 Å². The lowest BCUT2D eigenvalue weighted by molar-refractivity contribution is 0.131. The van der Waals surface area contributed by atoms with Gasteiger partial charge in [0.05, 0.1) is 6.04 Å². The summed E-state index contributed by atoms with van der Waals surface area (Å²) >= 11 is 0. The van der Waals surface area contributed by atoms with Gasteiger partial charge in [-0.25, -0.2) is 4.79 Å². The van der Waals surface area contributed by atoms with Crippen molar-refractivity contribution in [2.75, 3.05) is 26.7 Å². The highest BCUT2D eigenvalue weighted by atomic mass is 16.2. The molecule has 27 heavy (non-hydrogen) atoms. The summed E-state index contributed by atoms with van der Waals surface area (Å²) in [5, 5.41) is 5.19. The molecule has 1 fully saturated rings. The number of nitrogens with two attached hydrogens (primary N) is 1. The van der Waals surface area contributed by atoms with E-state index in [0.717, 1.165) is 19.5 Å². The molecule has 2 aromatic carbocycles. The molecule has 2 N–H and O–H groups in total. The maximum Gasteiger partial charge on any atom is 0.315 e. The van der Waals surface area contributed by atoms with E-state index in [4.69, 9.17) is 5.73 Å². The molecule has 1 atom stereocenters. The lowest BCUT2D eigenvalue weighted by Crippen LogP contribution is -2.56. The van der Waals surface area contributed by atoms with Crippen molar-refractivity contribution in [2.45, 2.75) is 12.5 Å². The summed E-state index contributed by atoms with van der Waals surface area (Å²) in [5.74, 6) is 0. The van der Waals surface area contributed by atoms with E-state index in [9.17, 15) is 4.79 Å². The molecule has 5 rings (SSSR count). The molecule has 4 heteroatoms. The first-order valence-electron chi connectivity index (χ1n) is 9.51. The van der Waals surface area contributed by atoms with Gasteiger partial charge in [0.2, 0.25) is 0 Å². The van der Waals surface area contributed by atoms with Crippen molar-refractivity contribution in [3.05, 3.63) is 63.6 Å². The molecule has 136 valence electrons. The summed E-state index contributed by atoms with van der Waals surface area (Å²) < 4.78 is 0. The standard InChI is InChI=1S/C23H23N3O/c1-25-11-12-26(23(24)27)22(14-25)17-7-8-19-16(13-17)6-10-20-18-4-2-3-15(18)5-9-21(19)20/h2-7,9-10,13,22H,8,11-12,14H2,1H3,(H2,24,27). The highest BCUT2D eigenvalue weighted by Gasteiger charge is 2.30. The Morgan fingerprint density at radius 3 is 2.78 bits per heavy atom. The molecule has 1 aliphatic heterocycles. The zero-order valence-electron chi connectivity index (χ0n) is 15.5. The summed E-state index contributed by atoms with van der Waals surface area (Å²) in [6.45, 7) is 2.37. The fraction of sp³-hybridized carbons (Fsp3) is 0.261. The number of primary amides is 1. The van der Waals surface area contributed by atoms with Gasteiger partial charge < -0.3 is 15.5 Å². The Labute approximate surface area is 158 Å². The second-order valence-electron chi connectivity index (χ2n) is 7.68. The van der Waals surface area contributed by atoms with Gasteiger partial charge in [0.25, 0.3) is 0 Å². The van der Waals surface area contributed by atoms with E-state index in [1.54, 1.807) is 0 Å². The molecule has 3 aliphatic rings. The Hall–Kier alpha value is -2.85. The average Bonchev–Trinajstić information content (AvgIpc) is 3.16. The van der Waals surface area contributed by atoms with Crippen LogP contribution in [0.4, 0.5) is 4.79 Å². The van der Waals surface area contributed by atoms with Gasteiger partial charge in [-0.3, -0.25) is 0 Å². The van der Waals surface area contributed by atoms with E-state index in [1.807, 2.05) is 4.90 Å². The van der Waals surface area contributed by atoms with Crippen LogP contribution in [0.25, 0.3) is 29.0 Å². The highest BCUT2D eigenvalue weighted by Crippen LogP contribution is 2.25. The summed E-state index contributed by atoms with van der Waals surface area (Å²) in [7, 11) is 2.10. The number of likely N-dealkylation sites (N-methyl/N-ethyl adjacent to an activating group) is 1. The van der Waals surface area contributed by atoms with Crippen molar-refractivity contribution in [2.24, 2.45) is 5.73 Å². The number of benzene rings is 2. The third-order valence-electron chi connectivity index (χ3n) is 6.08. The molecule has 2 aliphatic carbocycles. The number of amides is 2. The number of carbonyl (C=O) groups is 1. The second-order valence-corrected chi connectivity index (χ2v) is 7.68. The van der Waals surface area contributed by atoms with E-state index in [2.05, 4.69) is 66.6 Å². The van der Waals surface area contributed by atoms with Crippen LogP contribution < -0.4 is 16.2 Å². The number of urea groups is 1. The molecule has 0 saturated carbocycles. The fourth-order valence-electron chi connectivity index (χ4n) is 4.63. The van der Waals surface area contributed by atoms with Crippen molar-refractivity contribution < 1.29 is 4.79 Å². The number of nitrogens with zero attached hydrogens (tertiary/aromatic N) is 2. The van der Waals surface area contributed by atoms with Gasteiger partial charge >= 0.3 is 6.03 Å². The van der Waals surface area contributed by atoms with Crippen LogP contribution >= 0.6 is 0 Å². The Morgan fingerprint density at radius 2 is 1.93 bits per heavy atom. The van der Waals surface area contributed by atoms with Crippen LogP contribution in [-0.4, -0.2) is 48.6 Å². The van der Waals surface area contributed by atoms with Crippen LogP contribution in [0.15, 0.2) is 42.0 Å². The minimum Gasteiger partial charge on any atom is -0.351 e. The number of hydrogen-bond acceptors (Lipinski definition) is 2.